The molecule has 1 aliphatic rings. The molecular formula is C20H26N2O2. The smallest absolute Gasteiger partial charge is 0.223 e. The van der Waals surface area contributed by atoms with Gasteiger partial charge in [-0.2, -0.15) is 0 Å². The molecule has 0 radical (unpaired) electrons. The Balaban J connectivity index is 1.67. The van der Waals surface area contributed by atoms with Crippen molar-refractivity contribution in [3.63, 3.8) is 0 Å². The fraction of sp³-hybridized carbons (Fsp3) is 0.450. The summed E-state index contributed by atoms with van der Waals surface area (Å²) in [4.78, 5) is 14.6. The summed E-state index contributed by atoms with van der Waals surface area (Å²) >= 11 is 0. The van der Waals surface area contributed by atoms with Gasteiger partial charge in [0.2, 0.25) is 5.43 Å². The van der Waals surface area contributed by atoms with E-state index in [2.05, 4.69) is 16.5 Å². The highest BCUT2D eigenvalue weighted by Crippen LogP contribution is 2.19. The maximum atomic E-state index is 12.2. The van der Waals surface area contributed by atoms with Gasteiger partial charge in [-0.3, -0.25) is 4.79 Å². The molecular weight excluding hydrogens is 300 g/mol. The van der Waals surface area contributed by atoms with Crippen molar-refractivity contribution in [1.29, 1.82) is 0 Å². The predicted octanol–water partition coefficient (Wildman–Crippen LogP) is 3.22. The molecule has 0 N–H and O–H groups in total. The summed E-state index contributed by atoms with van der Waals surface area (Å²) in [6.07, 6.45) is 5.54. The van der Waals surface area contributed by atoms with Gasteiger partial charge in [0.05, 0.1) is 6.20 Å². The van der Waals surface area contributed by atoms with Crippen LogP contribution in [0.1, 0.15) is 30.5 Å². The van der Waals surface area contributed by atoms with Crippen LogP contribution in [-0.4, -0.2) is 29.1 Å². The molecule has 3 rings (SSSR count). The third-order valence-corrected chi connectivity index (χ3v) is 4.92. The number of ether oxygens (including phenoxy) is 1. The molecule has 1 aliphatic heterocycles. The minimum Gasteiger partial charge on any atom is -0.483 e. The summed E-state index contributed by atoms with van der Waals surface area (Å²) in [5.41, 5.74) is 2.02. The molecule has 4 nitrogen and oxygen atoms in total. The zero-order valence-corrected chi connectivity index (χ0v) is 14.6. The largest absolute Gasteiger partial charge is 0.483 e. The van der Waals surface area contributed by atoms with Gasteiger partial charge in [-0.25, -0.2) is 0 Å². The first kappa shape index (κ1) is 16.8. The topological polar surface area (TPSA) is 34.5 Å². The quantitative estimate of drug-likeness (QED) is 0.817. The fourth-order valence-corrected chi connectivity index (χ4v) is 3.37. The third-order valence-electron chi connectivity index (χ3n) is 4.92. The molecule has 1 aromatic carbocycles. The van der Waals surface area contributed by atoms with Gasteiger partial charge in [0.25, 0.3) is 0 Å². The van der Waals surface area contributed by atoms with Crippen LogP contribution in [0.2, 0.25) is 0 Å². The number of benzene rings is 1. The van der Waals surface area contributed by atoms with Crippen LogP contribution in [0.3, 0.4) is 0 Å². The summed E-state index contributed by atoms with van der Waals surface area (Å²) in [5.74, 6) is 0.434. The van der Waals surface area contributed by atoms with E-state index in [4.69, 9.17) is 4.74 Å². The van der Waals surface area contributed by atoms with Crippen LogP contribution < -0.4 is 10.2 Å². The second-order valence-corrected chi connectivity index (χ2v) is 6.68. The van der Waals surface area contributed by atoms with Gasteiger partial charge in [0.1, 0.15) is 6.61 Å². The lowest BCUT2D eigenvalue weighted by Gasteiger charge is -2.21. The molecule has 128 valence electrons. The number of nitrogens with zero attached hydrogens (tertiary/aromatic N) is 2. The molecule has 1 unspecified atom stereocenters. The minimum atomic E-state index is -0.0438. The van der Waals surface area contributed by atoms with Gasteiger partial charge < -0.3 is 14.2 Å². The van der Waals surface area contributed by atoms with Gasteiger partial charge in [-0.05, 0) is 45.3 Å². The molecule has 2 heterocycles. The Labute approximate surface area is 143 Å². The highest BCUT2D eigenvalue weighted by molar-refractivity contribution is 5.22. The van der Waals surface area contributed by atoms with Gasteiger partial charge in [0, 0.05) is 24.3 Å². The van der Waals surface area contributed by atoms with Crippen molar-refractivity contribution in [2.24, 2.45) is 0 Å². The number of hydrogen-bond donors (Lipinski definition) is 0. The monoisotopic (exact) mass is 326 g/mol. The van der Waals surface area contributed by atoms with E-state index in [0.717, 1.165) is 24.2 Å². The molecule has 2 aromatic rings. The minimum absolute atomic E-state index is 0.0438. The second-order valence-electron chi connectivity index (χ2n) is 6.68. The molecule has 1 atom stereocenters. The van der Waals surface area contributed by atoms with Gasteiger partial charge in [0.15, 0.2) is 5.75 Å². The zero-order chi connectivity index (χ0) is 16.9. The van der Waals surface area contributed by atoms with Gasteiger partial charge in [-0.15, -0.1) is 0 Å². The van der Waals surface area contributed by atoms with Crippen LogP contribution in [0.15, 0.2) is 47.4 Å². The van der Waals surface area contributed by atoms with Crippen molar-refractivity contribution >= 4 is 0 Å². The Morgan fingerprint density at radius 1 is 1.25 bits per heavy atom. The van der Waals surface area contributed by atoms with Crippen LogP contribution in [0.5, 0.6) is 5.75 Å². The molecule has 0 amide bonds. The van der Waals surface area contributed by atoms with E-state index in [1.54, 1.807) is 6.07 Å². The Morgan fingerprint density at radius 2 is 2.04 bits per heavy atom. The van der Waals surface area contributed by atoms with E-state index in [1.807, 2.05) is 43.5 Å². The van der Waals surface area contributed by atoms with Gasteiger partial charge >= 0.3 is 0 Å². The molecule has 0 bridgehead atoms. The van der Waals surface area contributed by atoms with E-state index in [1.165, 1.54) is 19.4 Å². The molecule has 4 heteroatoms. The second kappa shape index (κ2) is 7.67. The Bertz CT molecular complexity index is 724. The van der Waals surface area contributed by atoms with E-state index in [0.29, 0.717) is 18.4 Å². The Morgan fingerprint density at radius 3 is 2.75 bits per heavy atom. The SMILES string of the molecule is Cc1cc(=O)c(OCc2ccccc2)cn1CCC1CCCN1C. The Kier molecular flexibility index (Phi) is 5.36. The summed E-state index contributed by atoms with van der Waals surface area (Å²) in [6, 6.07) is 12.3. The summed E-state index contributed by atoms with van der Waals surface area (Å²) < 4.78 is 7.91. The average Bonchev–Trinajstić information content (AvgIpc) is 2.99. The lowest BCUT2D eigenvalue weighted by molar-refractivity contribution is 0.281. The van der Waals surface area contributed by atoms with Crippen molar-refractivity contribution in [2.45, 2.75) is 45.4 Å². The predicted molar refractivity (Wildman–Crippen MR) is 96.5 cm³/mol. The number of likely N-dealkylation sites (tertiary alicyclic amines) is 1. The number of aromatic nitrogens is 1. The van der Waals surface area contributed by atoms with Crippen LogP contribution >= 0.6 is 0 Å². The van der Waals surface area contributed by atoms with Crippen molar-refractivity contribution in [3.8, 4) is 5.75 Å². The van der Waals surface area contributed by atoms with Gasteiger partial charge in [-0.1, -0.05) is 30.3 Å². The van der Waals surface area contributed by atoms with E-state index < -0.39 is 0 Å². The van der Waals surface area contributed by atoms with E-state index in [9.17, 15) is 4.79 Å². The average molecular weight is 326 g/mol. The fourth-order valence-electron chi connectivity index (χ4n) is 3.37. The van der Waals surface area contributed by atoms with Crippen molar-refractivity contribution in [3.05, 3.63) is 64.1 Å². The highest BCUT2D eigenvalue weighted by Gasteiger charge is 2.20. The molecule has 1 fully saturated rings. The van der Waals surface area contributed by atoms with E-state index >= 15 is 0 Å². The first-order valence-corrected chi connectivity index (χ1v) is 8.71. The standard InChI is InChI=1S/C20H26N2O2/c1-16-13-19(23)20(24-15-17-7-4-3-5-8-17)14-22(16)12-10-18-9-6-11-21(18)2/h3-5,7-8,13-14,18H,6,9-12,15H2,1-2H3. The zero-order valence-electron chi connectivity index (χ0n) is 14.6. The van der Waals surface area contributed by atoms with Crippen LogP contribution in [0, 0.1) is 6.92 Å². The summed E-state index contributed by atoms with van der Waals surface area (Å²) in [5, 5.41) is 0. The third kappa shape index (κ3) is 4.06. The highest BCUT2D eigenvalue weighted by atomic mass is 16.5. The maximum Gasteiger partial charge on any atom is 0.223 e. The molecule has 0 saturated carbocycles. The lowest BCUT2D eigenvalue weighted by Crippen LogP contribution is -2.26. The van der Waals surface area contributed by atoms with Crippen molar-refractivity contribution in [2.75, 3.05) is 13.6 Å². The summed E-state index contributed by atoms with van der Waals surface area (Å²) in [7, 11) is 2.20. The molecule has 1 saturated heterocycles. The number of rotatable bonds is 6. The van der Waals surface area contributed by atoms with Crippen molar-refractivity contribution in [1.82, 2.24) is 9.47 Å². The van der Waals surface area contributed by atoms with Crippen LogP contribution in [-0.2, 0) is 13.2 Å². The first-order chi connectivity index (χ1) is 11.6. The van der Waals surface area contributed by atoms with Crippen molar-refractivity contribution < 1.29 is 4.74 Å². The molecule has 24 heavy (non-hydrogen) atoms. The van der Waals surface area contributed by atoms with E-state index in [-0.39, 0.29) is 5.43 Å². The number of aryl methyl sites for hydroxylation is 2. The number of hydrogen-bond acceptors (Lipinski definition) is 3. The molecule has 0 aliphatic carbocycles. The first-order valence-electron chi connectivity index (χ1n) is 8.71. The molecule has 0 spiro atoms. The summed E-state index contributed by atoms with van der Waals surface area (Å²) in [6.45, 7) is 4.52. The van der Waals surface area contributed by atoms with Crippen LogP contribution in [0.25, 0.3) is 0 Å². The lowest BCUT2D eigenvalue weighted by atomic mass is 10.1. The van der Waals surface area contributed by atoms with Crippen LogP contribution in [0.4, 0.5) is 0 Å². The normalized spacial score (nSPS) is 18.0. The molecule has 1 aromatic heterocycles. The Hall–Kier alpha value is -2.07. The maximum absolute atomic E-state index is 12.2. The number of pyridine rings is 1.